The van der Waals surface area contributed by atoms with Crippen LogP contribution in [0.5, 0.6) is 5.75 Å². The number of hydrogen-bond donors (Lipinski definition) is 1. The van der Waals surface area contributed by atoms with E-state index in [9.17, 15) is 9.50 Å². The summed E-state index contributed by atoms with van der Waals surface area (Å²) in [6.07, 6.45) is 1.54. The normalized spacial score (nSPS) is 12.4. The zero-order valence-electron chi connectivity index (χ0n) is 16.7. The number of halogens is 1. The van der Waals surface area contributed by atoms with E-state index in [1.165, 1.54) is 13.2 Å². The summed E-state index contributed by atoms with van der Waals surface area (Å²) in [4.78, 5) is 2.02. The lowest BCUT2D eigenvalue weighted by atomic mass is 10.1. The molecule has 1 N–H and O–H groups in total. The van der Waals surface area contributed by atoms with E-state index in [1.807, 2.05) is 60.1 Å². The second-order valence-electron chi connectivity index (χ2n) is 7.13. The molecule has 1 atom stereocenters. The van der Waals surface area contributed by atoms with Crippen LogP contribution in [0.1, 0.15) is 18.1 Å². The topological polar surface area (TPSA) is 50.5 Å². The van der Waals surface area contributed by atoms with Gasteiger partial charge in [0.2, 0.25) is 0 Å². The van der Waals surface area contributed by atoms with Crippen molar-refractivity contribution >= 4 is 0 Å². The fourth-order valence-corrected chi connectivity index (χ4v) is 3.33. The highest BCUT2D eigenvalue weighted by molar-refractivity contribution is 5.64. The van der Waals surface area contributed by atoms with Crippen molar-refractivity contribution in [1.29, 1.82) is 0 Å². The van der Waals surface area contributed by atoms with Gasteiger partial charge in [-0.15, -0.1) is 0 Å². The summed E-state index contributed by atoms with van der Waals surface area (Å²) >= 11 is 0. The number of ether oxygens (including phenoxy) is 1. The lowest BCUT2D eigenvalue weighted by molar-refractivity contribution is 0.138. The van der Waals surface area contributed by atoms with Gasteiger partial charge in [0.05, 0.1) is 24.6 Å². The lowest BCUT2D eigenvalue weighted by Crippen LogP contribution is -2.26. The molecule has 148 valence electrons. The third-order valence-electron chi connectivity index (χ3n) is 4.59. The average Bonchev–Trinajstić information content (AvgIpc) is 3.04. The Hall–Kier alpha value is -2.70. The molecule has 3 aromatic rings. The number of aliphatic hydroxyl groups is 1. The summed E-state index contributed by atoms with van der Waals surface area (Å²) in [6.45, 7) is 4.90. The number of nitrogens with zero attached hydrogens (tertiary/aromatic N) is 3. The van der Waals surface area contributed by atoms with Crippen molar-refractivity contribution in [3.8, 4) is 22.7 Å². The molecule has 0 saturated carbocycles. The lowest BCUT2D eigenvalue weighted by Gasteiger charge is -2.18. The number of hydrogen-bond acceptors (Lipinski definition) is 4. The molecule has 28 heavy (non-hydrogen) atoms. The van der Waals surface area contributed by atoms with E-state index in [4.69, 9.17) is 9.84 Å². The Morgan fingerprint density at radius 3 is 2.64 bits per heavy atom. The molecule has 0 fully saturated rings. The molecule has 0 radical (unpaired) electrons. The minimum Gasteiger partial charge on any atom is -0.494 e. The Morgan fingerprint density at radius 1 is 1.25 bits per heavy atom. The number of aliphatic hydroxyl groups excluding tert-OH is 1. The first-order valence-corrected chi connectivity index (χ1v) is 9.24. The van der Waals surface area contributed by atoms with E-state index in [1.54, 1.807) is 13.0 Å². The number of para-hydroxylation sites is 1. The van der Waals surface area contributed by atoms with Crippen molar-refractivity contribution in [3.63, 3.8) is 0 Å². The highest BCUT2D eigenvalue weighted by atomic mass is 19.1. The van der Waals surface area contributed by atoms with Crippen LogP contribution in [0.15, 0.2) is 48.7 Å². The van der Waals surface area contributed by atoms with E-state index >= 15 is 0 Å². The van der Waals surface area contributed by atoms with Gasteiger partial charge in [0.25, 0.3) is 0 Å². The van der Waals surface area contributed by atoms with Crippen LogP contribution < -0.4 is 4.74 Å². The molecule has 0 unspecified atom stereocenters. The Balaban J connectivity index is 2.06. The molecule has 0 spiro atoms. The van der Waals surface area contributed by atoms with Crippen molar-refractivity contribution in [2.45, 2.75) is 26.5 Å². The standard InChI is InChI=1S/C22H26FN3O2/c1-15-7-5-6-8-20(15)26-14-18(13-25(3)12-16(2)27)22(24-26)17-9-10-21(28-4)19(23)11-17/h5-11,14,16,27H,12-13H2,1-4H3/t16-/m0/s1. The van der Waals surface area contributed by atoms with Gasteiger partial charge in [0.15, 0.2) is 11.6 Å². The second kappa shape index (κ2) is 8.54. The molecule has 1 aromatic heterocycles. The minimum absolute atomic E-state index is 0.204. The largest absolute Gasteiger partial charge is 0.494 e. The van der Waals surface area contributed by atoms with Crippen molar-refractivity contribution in [2.24, 2.45) is 0 Å². The highest BCUT2D eigenvalue weighted by Crippen LogP contribution is 2.29. The van der Waals surface area contributed by atoms with E-state index in [0.29, 0.717) is 24.3 Å². The molecule has 0 bridgehead atoms. The molecule has 0 saturated heterocycles. The number of aryl methyl sites for hydroxylation is 1. The first-order valence-electron chi connectivity index (χ1n) is 9.24. The predicted octanol–water partition coefficient (Wildman–Crippen LogP) is 3.81. The average molecular weight is 383 g/mol. The molecule has 0 aliphatic heterocycles. The quantitative estimate of drug-likeness (QED) is 0.674. The molecule has 0 aliphatic rings. The van der Waals surface area contributed by atoms with Crippen LogP contribution >= 0.6 is 0 Å². The van der Waals surface area contributed by atoms with Gasteiger partial charge in [0, 0.05) is 30.4 Å². The SMILES string of the molecule is COc1ccc(-c2nn(-c3ccccc3C)cc2CN(C)C[C@H](C)O)cc1F. The summed E-state index contributed by atoms with van der Waals surface area (Å²) in [5.74, 6) is -0.219. The number of methoxy groups -OCH3 is 1. The van der Waals surface area contributed by atoms with Crippen molar-refractivity contribution in [1.82, 2.24) is 14.7 Å². The number of benzene rings is 2. The van der Waals surface area contributed by atoms with Gasteiger partial charge < -0.3 is 9.84 Å². The minimum atomic E-state index is -0.432. The Labute approximate surface area is 165 Å². The van der Waals surface area contributed by atoms with Crippen molar-refractivity contribution in [2.75, 3.05) is 20.7 Å². The van der Waals surface area contributed by atoms with Crippen LogP contribution in [0.2, 0.25) is 0 Å². The number of likely N-dealkylation sites (N-methyl/N-ethyl adjacent to an activating group) is 1. The molecular weight excluding hydrogens is 357 g/mol. The van der Waals surface area contributed by atoms with Gasteiger partial charge in [-0.1, -0.05) is 18.2 Å². The summed E-state index contributed by atoms with van der Waals surface area (Å²) < 4.78 is 21.2. The molecule has 6 heteroatoms. The van der Waals surface area contributed by atoms with Gasteiger partial charge in [-0.2, -0.15) is 5.10 Å². The zero-order chi connectivity index (χ0) is 20.3. The summed E-state index contributed by atoms with van der Waals surface area (Å²) in [5.41, 5.74) is 4.42. The molecular formula is C22H26FN3O2. The van der Waals surface area contributed by atoms with E-state index in [2.05, 4.69) is 0 Å². The summed E-state index contributed by atoms with van der Waals surface area (Å²) in [5, 5.41) is 14.4. The van der Waals surface area contributed by atoms with Gasteiger partial charge >= 0.3 is 0 Å². The van der Waals surface area contributed by atoms with Crippen LogP contribution in [0.25, 0.3) is 16.9 Å². The maximum absolute atomic E-state index is 14.3. The van der Waals surface area contributed by atoms with Crippen LogP contribution in [0.3, 0.4) is 0 Å². The summed E-state index contributed by atoms with van der Waals surface area (Å²) in [7, 11) is 3.39. The smallest absolute Gasteiger partial charge is 0.165 e. The third-order valence-corrected chi connectivity index (χ3v) is 4.59. The van der Waals surface area contributed by atoms with Crippen molar-refractivity contribution in [3.05, 3.63) is 65.6 Å². The number of aromatic nitrogens is 2. The maximum Gasteiger partial charge on any atom is 0.165 e. The Morgan fingerprint density at radius 2 is 2.00 bits per heavy atom. The second-order valence-corrected chi connectivity index (χ2v) is 7.13. The molecule has 1 heterocycles. The van der Waals surface area contributed by atoms with E-state index in [-0.39, 0.29) is 5.75 Å². The van der Waals surface area contributed by atoms with Gasteiger partial charge in [-0.05, 0) is 50.7 Å². The third kappa shape index (κ3) is 4.40. The van der Waals surface area contributed by atoms with Crippen LogP contribution in [-0.2, 0) is 6.54 Å². The summed E-state index contributed by atoms with van der Waals surface area (Å²) in [6, 6.07) is 12.9. The van der Waals surface area contributed by atoms with Crippen LogP contribution in [-0.4, -0.2) is 46.6 Å². The van der Waals surface area contributed by atoms with Crippen LogP contribution in [0.4, 0.5) is 4.39 Å². The molecule has 3 rings (SSSR count). The molecule has 2 aromatic carbocycles. The fraction of sp³-hybridized carbons (Fsp3) is 0.318. The zero-order valence-corrected chi connectivity index (χ0v) is 16.7. The Bertz CT molecular complexity index is 953. The maximum atomic E-state index is 14.3. The van der Waals surface area contributed by atoms with Gasteiger partial charge in [0.1, 0.15) is 0 Å². The first kappa shape index (κ1) is 20.0. The molecule has 0 aliphatic carbocycles. The monoisotopic (exact) mass is 383 g/mol. The first-order chi connectivity index (χ1) is 13.4. The number of rotatable bonds is 7. The van der Waals surface area contributed by atoms with Gasteiger partial charge in [-0.25, -0.2) is 9.07 Å². The van der Waals surface area contributed by atoms with Gasteiger partial charge in [-0.3, -0.25) is 4.90 Å². The predicted molar refractivity (Wildman–Crippen MR) is 108 cm³/mol. The molecule has 0 amide bonds. The highest BCUT2D eigenvalue weighted by Gasteiger charge is 2.17. The fourth-order valence-electron chi connectivity index (χ4n) is 3.33. The van der Waals surface area contributed by atoms with Crippen molar-refractivity contribution < 1.29 is 14.2 Å². The van der Waals surface area contributed by atoms with Crippen LogP contribution in [0, 0.1) is 12.7 Å². The van der Waals surface area contributed by atoms with E-state index < -0.39 is 11.9 Å². The molecule has 5 nitrogen and oxygen atoms in total. The Kier molecular flexibility index (Phi) is 6.11. The van der Waals surface area contributed by atoms with E-state index in [0.717, 1.165) is 16.8 Å².